The molecule has 6 nitrogen and oxygen atoms in total. The maximum absolute atomic E-state index is 12.5. The van der Waals surface area contributed by atoms with Gasteiger partial charge in [-0.15, -0.1) is 0 Å². The lowest BCUT2D eigenvalue weighted by Crippen LogP contribution is -2.47. The average molecular weight is 319 g/mol. The van der Waals surface area contributed by atoms with Crippen molar-refractivity contribution in [1.82, 2.24) is 15.1 Å². The Bertz CT molecular complexity index is 509. The number of carbonyl (C=O) groups is 3. The van der Waals surface area contributed by atoms with Crippen LogP contribution in [0.3, 0.4) is 0 Å². The van der Waals surface area contributed by atoms with Crippen molar-refractivity contribution in [3.8, 4) is 0 Å². The van der Waals surface area contributed by atoms with Crippen LogP contribution < -0.4 is 5.32 Å². The Hall–Kier alpha value is -1.85. The van der Waals surface area contributed by atoms with Crippen LogP contribution in [0, 0.1) is 23.7 Å². The summed E-state index contributed by atoms with van der Waals surface area (Å²) in [7, 11) is 0. The standard InChI is InChI=1S/C17H25N3O3/c1-3-7-19(8-4-2)17(23)18-10-20-15(21)13-11-5-6-12(9-11)14(13)16(20)22/h5-6,11-14H,3-4,7-10H2,1-2H3,(H,18,23). The monoisotopic (exact) mass is 319 g/mol. The number of likely N-dealkylation sites (tertiary alicyclic amines) is 1. The third-order valence-corrected chi connectivity index (χ3v) is 5.22. The summed E-state index contributed by atoms with van der Waals surface area (Å²) in [5.74, 6) is -0.212. The Balaban J connectivity index is 1.60. The molecule has 6 heteroatoms. The van der Waals surface area contributed by atoms with Gasteiger partial charge in [-0.2, -0.15) is 0 Å². The number of nitrogens with one attached hydrogen (secondary N) is 1. The molecule has 1 saturated heterocycles. The molecule has 0 spiro atoms. The normalized spacial score (nSPS) is 31.0. The number of imide groups is 1. The van der Waals surface area contributed by atoms with Crippen LogP contribution in [0.25, 0.3) is 0 Å². The first-order valence-corrected chi connectivity index (χ1v) is 8.64. The number of fused-ring (bicyclic) bond motifs is 5. The Morgan fingerprint density at radius 1 is 1.13 bits per heavy atom. The largest absolute Gasteiger partial charge is 0.325 e. The number of carbonyl (C=O) groups excluding carboxylic acids is 3. The van der Waals surface area contributed by atoms with E-state index in [1.54, 1.807) is 4.90 Å². The van der Waals surface area contributed by atoms with Crippen LogP contribution in [0.1, 0.15) is 33.1 Å². The van der Waals surface area contributed by atoms with E-state index >= 15 is 0 Å². The lowest BCUT2D eigenvalue weighted by atomic mass is 9.85. The van der Waals surface area contributed by atoms with Crippen molar-refractivity contribution in [3.63, 3.8) is 0 Å². The maximum atomic E-state index is 12.5. The lowest BCUT2D eigenvalue weighted by molar-refractivity contribution is -0.140. The number of nitrogens with zero attached hydrogens (tertiary/aromatic N) is 2. The number of amides is 4. The van der Waals surface area contributed by atoms with E-state index < -0.39 is 0 Å². The molecule has 0 radical (unpaired) electrons. The molecule has 1 heterocycles. The summed E-state index contributed by atoms with van der Waals surface area (Å²) in [5.41, 5.74) is 0. The second-order valence-corrected chi connectivity index (χ2v) is 6.73. The Kier molecular flexibility index (Phi) is 4.41. The molecule has 2 bridgehead atoms. The quantitative estimate of drug-likeness (QED) is 0.597. The van der Waals surface area contributed by atoms with Crippen LogP contribution in [0.4, 0.5) is 4.79 Å². The minimum atomic E-state index is -0.201. The molecule has 4 atom stereocenters. The van der Waals surface area contributed by atoms with Crippen molar-refractivity contribution >= 4 is 17.8 Å². The minimum Gasteiger partial charge on any atom is -0.325 e. The number of hydrogen-bond donors (Lipinski definition) is 1. The highest BCUT2D eigenvalue weighted by molar-refractivity contribution is 6.06. The molecule has 4 amide bonds. The number of allylic oxidation sites excluding steroid dienone is 2. The highest BCUT2D eigenvalue weighted by atomic mass is 16.2. The highest BCUT2D eigenvalue weighted by Crippen LogP contribution is 2.52. The zero-order chi connectivity index (χ0) is 16.6. The zero-order valence-electron chi connectivity index (χ0n) is 13.8. The first kappa shape index (κ1) is 16.0. The lowest BCUT2D eigenvalue weighted by Gasteiger charge is -2.24. The second kappa shape index (κ2) is 6.34. The smallest absolute Gasteiger partial charge is 0.318 e. The molecular formula is C17H25N3O3. The SMILES string of the molecule is CCCN(CCC)C(=O)NCN1C(=O)C2C3C=CC(C3)C2C1=O. The fourth-order valence-electron chi connectivity index (χ4n) is 4.23. The predicted molar refractivity (Wildman–Crippen MR) is 85.1 cm³/mol. The summed E-state index contributed by atoms with van der Waals surface area (Å²) in [6.07, 6.45) is 6.84. The van der Waals surface area contributed by atoms with Crippen molar-refractivity contribution in [2.24, 2.45) is 23.7 Å². The molecule has 0 aromatic heterocycles. The summed E-state index contributed by atoms with van der Waals surface area (Å²) in [6, 6.07) is -0.201. The van der Waals surface area contributed by atoms with Crippen molar-refractivity contribution < 1.29 is 14.4 Å². The fraction of sp³-hybridized carbons (Fsp3) is 0.706. The van der Waals surface area contributed by atoms with Gasteiger partial charge in [0.15, 0.2) is 0 Å². The van der Waals surface area contributed by atoms with Crippen LogP contribution in [0.5, 0.6) is 0 Å². The van der Waals surface area contributed by atoms with Crippen LogP contribution in [-0.4, -0.2) is 47.4 Å². The van der Waals surface area contributed by atoms with Gasteiger partial charge in [-0.1, -0.05) is 26.0 Å². The average Bonchev–Trinajstić information content (AvgIpc) is 3.20. The molecule has 1 saturated carbocycles. The van der Waals surface area contributed by atoms with E-state index in [1.807, 2.05) is 13.8 Å². The minimum absolute atomic E-state index is 0.00707. The predicted octanol–water partition coefficient (Wildman–Crippen LogP) is 1.58. The molecular weight excluding hydrogens is 294 g/mol. The number of rotatable bonds is 6. The molecule has 3 aliphatic rings. The van der Waals surface area contributed by atoms with E-state index in [1.165, 1.54) is 4.90 Å². The van der Waals surface area contributed by atoms with Crippen molar-refractivity contribution in [1.29, 1.82) is 0 Å². The molecule has 23 heavy (non-hydrogen) atoms. The van der Waals surface area contributed by atoms with Gasteiger partial charge in [0.1, 0.15) is 6.67 Å². The molecule has 1 aliphatic heterocycles. The summed E-state index contributed by atoms with van der Waals surface area (Å²) < 4.78 is 0. The molecule has 126 valence electrons. The molecule has 2 fully saturated rings. The Morgan fingerprint density at radius 2 is 1.65 bits per heavy atom. The van der Waals surface area contributed by atoms with Crippen molar-refractivity contribution in [2.75, 3.05) is 19.8 Å². The van der Waals surface area contributed by atoms with Gasteiger partial charge in [0, 0.05) is 13.1 Å². The molecule has 3 rings (SSSR count). The molecule has 4 unspecified atom stereocenters. The van der Waals surface area contributed by atoms with Gasteiger partial charge >= 0.3 is 6.03 Å². The van der Waals surface area contributed by atoms with E-state index in [2.05, 4.69) is 17.5 Å². The molecule has 1 N–H and O–H groups in total. The first-order valence-electron chi connectivity index (χ1n) is 8.64. The van der Waals surface area contributed by atoms with Crippen LogP contribution in [0.2, 0.25) is 0 Å². The van der Waals surface area contributed by atoms with Crippen LogP contribution >= 0.6 is 0 Å². The van der Waals surface area contributed by atoms with E-state index in [0.29, 0.717) is 13.1 Å². The molecule has 0 aromatic rings. The summed E-state index contributed by atoms with van der Waals surface area (Å²) in [4.78, 5) is 40.3. The van der Waals surface area contributed by atoms with E-state index in [-0.39, 0.29) is 48.2 Å². The van der Waals surface area contributed by atoms with Gasteiger partial charge in [0.25, 0.3) is 0 Å². The van der Waals surface area contributed by atoms with Crippen molar-refractivity contribution in [3.05, 3.63) is 12.2 Å². The van der Waals surface area contributed by atoms with Gasteiger partial charge in [-0.25, -0.2) is 4.79 Å². The van der Waals surface area contributed by atoms with E-state index in [4.69, 9.17) is 0 Å². The van der Waals surface area contributed by atoms with Crippen LogP contribution in [0.15, 0.2) is 12.2 Å². The maximum Gasteiger partial charge on any atom is 0.318 e. The number of hydrogen-bond acceptors (Lipinski definition) is 3. The summed E-state index contributed by atoms with van der Waals surface area (Å²) in [5, 5.41) is 2.75. The third-order valence-electron chi connectivity index (χ3n) is 5.22. The van der Waals surface area contributed by atoms with Crippen LogP contribution in [-0.2, 0) is 9.59 Å². The Morgan fingerprint density at radius 3 is 2.13 bits per heavy atom. The second-order valence-electron chi connectivity index (χ2n) is 6.73. The van der Waals surface area contributed by atoms with Crippen molar-refractivity contribution in [2.45, 2.75) is 33.1 Å². The fourth-order valence-corrected chi connectivity index (χ4v) is 4.23. The summed E-state index contributed by atoms with van der Waals surface area (Å²) >= 11 is 0. The van der Waals surface area contributed by atoms with E-state index in [0.717, 1.165) is 19.3 Å². The number of urea groups is 1. The van der Waals surface area contributed by atoms with Gasteiger partial charge in [-0.3, -0.25) is 14.5 Å². The zero-order valence-corrected chi connectivity index (χ0v) is 13.8. The molecule has 0 aromatic carbocycles. The van der Waals surface area contributed by atoms with E-state index in [9.17, 15) is 14.4 Å². The summed E-state index contributed by atoms with van der Waals surface area (Å²) in [6.45, 7) is 5.40. The van der Waals surface area contributed by atoms with Gasteiger partial charge in [0.05, 0.1) is 11.8 Å². The third kappa shape index (κ3) is 2.64. The van der Waals surface area contributed by atoms with Gasteiger partial charge in [0.2, 0.25) is 11.8 Å². The van der Waals surface area contributed by atoms with Gasteiger partial charge in [-0.05, 0) is 31.1 Å². The van der Waals surface area contributed by atoms with Gasteiger partial charge < -0.3 is 10.2 Å². The molecule has 2 aliphatic carbocycles. The Labute approximate surface area is 136 Å². The highest BCUT2D eigenvalue weighted by Gasteiger charge is 2.59. The topological polar surface area (TPSA) is 69.7 Å². The first-order chi connectivity index (χ1) is 11.1.